The third-order valence-corrected chi connectivity index (χ3v) is 2.24. The number of benzene rings is 1. The maximum atomic E-state index is 10.7. The van der Waals surface area contributed by atoms with Gasteiger partial charge in [0.25, 0.3) is 0 Å². The second-order valence-corrected chi connectivity index (χ2v) is 2.98. The van der Waals surface area contributed by atoms with Gasteiger partial charge in [-0.05, 0) is 6.92 Å². The molecule has 66 valence electrons. The Morgan fingerprint density at radius 2 is 2.08 bits per heavy atom. The molecule has 1 heterocycles. The van der Waals surface area contributed by atoms with Crippen LogP contribution < -0.4 is 4.74 Å². The maximum Gasteiger partial charge on any atom is 0.154 e. The molecule has 1 aromatic rings. The van der Waals surface area contributed by atoms with E-state index in [4.69, 9.17) is 4.74 Å². The van der Waals surface area contributed by atoms with Crippen LogP contribution in [0.1, 0.15) is 39.3 Å². The molecule has 0 N–H and O–H groups in total. The van der Waals surface area contributed by atoms with Crippen LogP contribution in [0.4, 0.5) is 0 Å². The van der Waals surface area contributed by atoms with Gasteiger partial charge in [0.15, 0.2) is 12.6 Å². The van der Waals surface area contributed by atoms with Gasteiger partial charge in [0.2, 0.25) is 0 Å². The molecule has 1 aromatic carbocycles. The Bertz CT molecular complexity index is 382. The van der Waals surface area contributed by atoms with Gasteiger partial charge in [-0.15, -0.1) is 0 Å². The van der Waals surface area contributed by atoms with E-state index in [9.17, 15) is 9.59 Å². The van der Waals surface area contributed by atoms with E-state index < -0.39 is 0 Å². The lowest BCUT2D eigenvalue weighted by Gasteiger charge is -2.29. The summed E-state index contributed by atoms with van der Waals surface area (Å²) in [7, 11) is 0. The van der Waals surface area contributed by atoms with E-state index in [0.29, 0.717) is 29.4 Å². The summed E-state index contributed by atoms with van der Waals surface area (Å²) in [6, 6.07) is 3.47. The van der Waals surface area contributed by atoms with Crippen molar-refractivity contribution in [2.24, 2.45) is 0 Å². The number of carbonyl (C=O) groups excluding carboxylic acids is 2. The average Bonchev–Trinajstić information content (AvgIpc) is 2.15. The van der Waals surface area contributed by atoms with E-state index in [-0.39, 0.29) is 6.10 Å². The Kier molecular flexibility index (Phi) is 1.65. The van der Waals surface area contributed by atoms with E-state index >= 15 is 0 Å². The minimum Gasteiger partial charge on any atom is -0.485 e. The molecule has 3 heteroatoms. The van der Waals surface area contributed by atoms with Crippen LogP contribution in [0.2, 0.25) is 0 Å². The van der Waals surface area contributed by atoms with Crippen molar-refractivity contribution in [3.05, 3.63) is 28.8 Å². The monoisotopic (exact) mass is 176 g/mol. The second kappa shape index (κ2) is 2.69. The van der Waals surface area contributed by atoms with Crippen molar-refractivity contribution in [1.29, 1.82) is 0 Å². The zero-order chi connectivity index (χ0) is 9.42. The summed E-state index contributed by atoms with van der Waals surface area (Å²) >= 11 is 0. The average molecular weight is 176 g/mol. The highest BCUT2D eigenvalue weighted by Crippen LogP contribution is 2.41. The fourth-order valence-electron chi connectivity index (χ4n) is 1.49. The first-order valence-electron chi connectivity index (χ1n) is 4.02. The molecular weight excluding hydrogens is 168 g/mol. The van der Waals surface area contributed by atoms with Crippen molar-refractivity contribution < 1.29 is 14.3 Å². The largest absolute Gasteiger partial charge is 0.485 e. The molecule has 0 aromatic heterocycles. The Morgan fingerprint density at radius 3 is 2.62 bits per heavy atom. The third kappa shape index (κ3) is 0.967. The van der Waals surface area contributed by atoms with Gasteiger partial charge >= 0.3 is 0 Å². The third-order valence-electron chi connectivity index (χ3n) is 2.24. The standard InChI is InChI=1S/C10H8O3/c1-6-8-3-2-7(4-11)9(5-12)10(8)13-6/h2-6H,1H3. The van der Waals surface area contributed by atoms with E-state index in [2.05, 4.69) is 0 Å². The minimum atomic E-state index is 0.0365. The van der Waals surface area contributed by atoms with E-state index in [1.165, 1.54) is 0 Å². The lowest BCUT2D eigenvalue weighted by molar-refractivity contribution is 0.107. The topological polar surface area (TPSA) is 43.4 Å². The van der Waals surface area contributed by atoms with Crippen LogP contribution in [0.5, 0.6) is 5.75 Å². The normalized spacial score (nSPS) is 18.1. The number of hydrogen-bond acceptors (Lipinski definition) is 3. The van der Waals surface area contributed by atoms with Crippen LogP contribution in [0.25, 0.3) is 0 Å². The van der Waals surface area contributed by atoms with Crippen LogP contribution in [-0.2, 0) is 0 Å². The summed E-state index contributed by atoms with van der Waals surface area (Å²) in [6.45, 7) is 1.90. The van der Waals surface area contributed by atoms with Crippen molar-refractivity contribution in [1.82, 2.24) is 0 Å². The SMILES string of the molecule is CC1Oc2c1ccc(C=O)c2C=O. The highest BCUT2D eigenvalue weighted by Gasteiger charge is 2.28. The molecular formula is C10H8O3. The van der Waals surface area contributed by atoms with Crippen molar-refractivity contribution in [2.45, 2.75) is 13.0 Å². The van der Waals surface area contributed by atoms with Crippen molar-refractivity contribution in [2.75, 3.05) is 0 Å². The zero-order valence-electron chi connectivity index (χ0n) is 7.11. The molecule has 3 nitrogen and oxygen atoms in total. The van der Waals surface area contributed by atoms with Crippen molar-refractivity contribution in [3.8, 4) is 5.75 Å². The number of fused-ring (bicyclic) bond motifs is 1. The highest BCUT2D eigenvalue weighted by molar-refractivity contribution is 5.94. The molecule has 2 rings (SSSR count). The molecule has 0 bridgehead atoms. The Morgan fingerprint density at radius 1 is 1.31 bits per heavy atom. The number of carbonyl (C=O) groups is 2. The van der Waals surface area contributed by atoms with E-state index in [0.717, 1.165) is 5.56 Å². The predicted molar refractivity (Wildman–Crippen MR) is 46.3 cm³/mol. The van der Waals surface area contributed by atoms with Crippen molar-refractivity contribution in [3.63, 3.8) is 0 Å². The molecule has 0 fully saturated rings. The van der Waals surface area contributed by atoms with E-state index in [1.807, 2.05) is 13.0 Å². The Hall–Kier alpha value is -1.64. The summed E-state index contributed by atoms with van der Waals surface area (Å²) in [5.74, 6) is 0.562. The molecule has 1 unspecified atom stereocenters. The number of ether oxygens (including phenoxy) is 1. The van der Waals surface area contributed by atoms with Crippen LogP contribution >= 0.6 is 0 Å². The molecule has 1 atom stereocenters. The zero-order valence-corrected chi connectivity index (χ0v) is 7.11. The van der Waals surface area contributed by atoms with Gasteiger partial charge in [-0.2, -0.15) is 0 Å². The van der Waals surface area contributed by atoms with Crippen LogP contribution in [0.3, 0.4) is 0 Å². The molecule has 0 spiro atoms. The lowest BCUT2D eigenvalue weighted by Crippen LogP contribution is -2.18. The van der Waals surface area contributed by atoms with Crippen LogP contribution in [0.15, 0.2) is 12.1 Å². The van der Waals surface area contributed by atoms with E-state index in [1.54, 1.807) is 6.07 Å². The predicted octanol–water partition coefficient (Wildman–Crippen LogP) is 1.77. The molecule has 13 heavy (non-hydrogen) atoms. The lowest BCUT2D eigenvalue weighted by atomic mass is 9.97. The van der Waals surface area contributed by atoms with Gasteiger partial charge in [-0.25, -0.2) is 0 Å². The van der Waals surface area contributed by atoms with Gasteiger partial charge in [-0.1, -0.05) is 12.1 Å². The number of rotatable bonds is 2. The molecule has 0 saturated heterocycles. The highest BCUT2D eigenvalue weighted by atomic mass is 16.5. The first-order valence-corrected chi connectivity index (χ1v) is 4.02. The number of aldehydes is 2. The van der Waals surface area contributed by atoms with Gasteiger partial charge < -0.3 is 4.74 Å². The molecule has 0 amide bonds. The smallest absolute Gasteiger partial charge is 0.154 e. The number of hydrogen-bond donors (Lipinski definition) is 0. The van der Waals surface area contributed by atoms with Crippen LogP contribution in [-0.4, -0.2) is 12.6 Å². The van der Waals surface area contributed by atoms with Crippen LogP contribution in [0, 0.1) is 0 Å². The summed E-state index contributed by atoms with van der Waals surface area (Å²) in [5.41, 5.74) is 1.75. The fraction of sp³-hybridized carbons (Fsp3) is 0.200. The summed E-state index contributed by atoms with van der Waals surface area (Å²) in [6.07, 6.45) is 1.36. The quantitative estimate of drug-likeness (QED) is 0.645. The Labute approximate surface area is 75.3 Å². The first-order chi connectivity index (χ1) is 6.27. The molecule has 1 aliphatic heterocycles. The first kappa shape index (κ1) is 7.98. The Balaban J connectivity index is 2.62. The molecule has 0 aliphatic carbocycles. The van der Waals surface area contributed by atoms with Gasteiger partial charge in [0, 0.05) is 11.1 Å². The molecule has 0 saturated carbocycles. The minimum absolute atomic E-state index is 0.0365. The summed E-state index contributed by atoms with van der Waals surface area (Å²) in [4.78, 5) is 21.2. The maximum absolute atomic E-state index is 10.7. The summed E-state index contributed by atoms with van der Waals surface area (Å²) < 4.78 is 5.26. The fourth-order valence-corrected chi connectivity index (χ4v) is 1.49. The van der Waals surface area contributed by atoms with Gasteiger partial charge in [-0.3, -0.25) is 9.59 Å². The second-order valence-electron chi connectivity index (χ2n) is 2.98. The summed E-state index contributed by atoms with van der Waals surface area (Å²) in [5, 5.41) is 0. The van der Waals surface area contributed by atoms with Gasteiger partial charge in [0.1, 0.15) is 11.9 Å². The van der Waals surface area contributed by atoms with Gasteiger partial charge in [0.05, 0.1) is 5.56 Å². The van der Waals surface area contributed by atoms with Crippen molar-refractivity contribution >= 4 is 12.6 Å². The molecule has 1 aliphatic rings. The molecule has 0 radical (unpaired) electrons.